The number of hydrogen-bond acceptors (Lipinski definition) is 3. The van der Waals surface area contributed by atoms with Crippen LogP contribution in [0.15, 0.2) is 24.3 Å². The average Bonchev–Trinajstić information content (AvgIpc) is 2.68. The summed E-state index contributed by atoms with van der Waals surface area (Å²) < 4.78 is 5.30. The van der Waals surface area contributed by atoms with Crippen LogP contribution in [0.2, 0.25) is 0 Å². The van der Waals surface area contributed by atoms with Crippen molar-refractivity contribution in [1.29, 1.82) is 0 Å². The SMILES string of the molecule is CCCCCCCCCCCCCCCOC(=O)CCc1ccc(O)cc1. The largest absolute Gasteiger partial charge is 0.508 e. The molecule has 154 valence electrons. The standard InChI is InChI=1S/C24H40O3/c1-2-3-4-5-6-7-8-9-10-11-12-13-14-21-27-24(26)20-17-22-15-18-23(25)19-16-22/h15-16,18-19,25H,2-14,17,20-21H2,1H3. The van der Waals surface area contributed by atoms with Crippen LogP contribution in [-0.2, 0) is 16.0 Å². The van der Waals surface area contributed by atoms with Crippen LogP contribution < -0.4 is 0 Å². The molecule has 1 aromatic rings. The van der Waals surface area contributed by atoms with Crippen LogP contribution in [-0.4, -0.2) is 17.7 Å². The molecule has 0 saturated carbocycles. The van der Waals surface area contributed by atoms with Gasteiger partial charge in [0.25, 0.3) is 0 Å². The van der Waals surface area contributed by atoms with Crippen LogP contribution in [0.4, 0.5) is 0 Å². The number of phenols is 1. The number of hydrogen-bond donors (Lipinski definition) is 1. The van der Waals surface area contributed by atoms with Crippen LogP contribution in [0.25, 0.3) is 0 Å². The van der Waals surface area contributed by atoms with Crippen molar-refractivity contribution in [2.24, 2.45) is 0 Å². The highest BCUT2D eigenvalue weighted by Gasteiger charge is 2.04. The zero-order valence-electron chi connectivity index (χ0n) is 17.4. The summed E-state index contributed by atoms with van der Waals surface area (Å²) in [4.78, 5) is 11.7. The van der Waals surface area contributed by atoms with Crippen molar-refractivity contribution in [2.75, 3.05) is 6.61 Å². The zero-order chi connectivity index (χ0) is 19.6. The highest BCUT2D eigenvalue weighted by atomic mass is 16.5. The van der Waals surface area contributed by atoms with E-state index >= 15 is 0 Å². The fraction of sp³-hybridized carbons (Fsp3) is 0.708. The summed E-state index contributed by atoms with van der Waals surface area (Å²) in [7, 11) is 0. The van der Waals surface area contributed by atoms with E-state index in [1.807, 2.05) is 12.1 Å². The lowest BCUT2D eigenvalue weighted by Gasteiger charge is -2.06. The van der Waals surface area contributed by atoms with E-state index in [2.05, 4.69) is 6.92 Å². The van der Waals surface area contributed by atoms with Gasteiger partial charge in [0.05, 0.1) is 6.61 Å². The molecular formula is C24H40O3. The maximum Gasteiger partial charge on any atom is 0.306 e. The number of unbranched alkanes of at least 4 members (excludes halogenated alkanes) is 12. The van der Waals surface area contributed by atoms with Crippen molar-refractivity contribution in [1.82, 2.24) is 0 Å². The monoisotopic (exact) mass is 376 g/mol. The molecule has 0 saturated heterocycles. The molecular weight excluding hydrogens is 336 g/mol. The van der Waals surface area contributed by atoms with E-state index in [-0.39, 0.29) is 11.7 Å². The van der Waals surface area contributed by atoms with Gasteiger partial charge in [-0.05, 0) is 30.5 Å². The minimum atomic E-state index is -0.123. The van der Waals surface area contributed by atoms with Crippen LogP contribution in [0.3, 0.4) is 0 Å². The van der Waals surface area contributed by atoms with Gasteiger partial charge in [0.15, 0.2) is 0 Å². The quantitative estimate of drug-likeness (QED) is 0.236. The lowest BCUT2D eigenvalue weighted by Crippen LogP contribution is -2.07. The predicted molar refractivity (Wildman–Crippen MR) is 113 cm³/mol. The summed E-state index contributed by atoms with van der Waals surface area (Å²) in [5.74, 6) is 0.130. The Bertz CT molecular complexity index is 467. The van der Waals surface area contributed by atoms with Gasteiger partial charge in [-0.3, -0.25) is 4.79 Å². The molecule has 1 N–H and O–H groups in total. The van der Waals surface area contributed by atoms with E-state index in [0.717, 1.165) is 18.4 Å². The van der Waals surface area contributed by atoms with Crippen molar-refractivity contribution >= 4 is 5.97 Å². The van der Waals surface area contributed by atoms with Gasteiger partial charge in [0.2, 0.25) is 0 Å². The summed E-state index contributed by atoms with van der Waals surface area (Å²) in [5.41, 5.74) is 1.05. The summed E-state index contributed by atoms with van der Waals surface area (Å²) in [5, 5.41) is 9.24. The normalized spacial score (nSPS) is 10.9. The second-order valence-electron chi connectivity index (χ2n) is 7.63. The maximum atomic E-state index is 11.7. The van der Waals surface area contributed by atoms with E-state index in [1.54, 1.807) is 12.1 Å². The van der Waals surface area contributed by atoms with Crippen molar-refractivity contribution < 1.29 is 14.6 Å². The van der Waals surface area contributed by atoms with Crippen LogP contribution >= 0.6 is 0 Å². The Morgan fingerprint density at radius 2 is 1.26 bits per heavy atom. The van der Waals surface area contributed by atoms with Gasteiger partial charge in [-0.2, -0.15) is 0 Å². The summed E-state index contributed by atoms with van der Waals surface area (Å²) in [6.07, 6.45) is 18.3. The van der Waals surface area contributed by atoms with Crippen LogP contribution in [0.1, 0.15) is 102 Å². The van der Waals surface area contributed by atoms with Crippen molar-refractivity contribution in [3.05, 3.63) is 29.8 Å². The molecule has 0 spiro atoms. The molecule has 0 aliphatic rings. The van der Waals surface area contributed by atoms with Gasteiger partial charge in [0.1, 0.15) is 5.75 Å². The number of esters is 1. The van der Waals surface area contributed by atoms with Crippen LogP contribution in [0.5, 0.6) is 5.75 Å². The second kappa shape index (κ2) is 16.6. The Kier molecular flexibility index (Phi) is 14.5. The van der Waals surface area contributed by atoms with Crippen LogP contribution in [0, 0.1) is 0 Å². The van der Waals surface area contributed by atoms with E-state index in [0.29, 0.717) is 19.4 Å². The Balaban J connectivity index is 1.81. The zero-order valence-corrected chi connectivity index (χ0v) is 17.4. The Morgan fingerprint density at radius 1 is 0.778 bits per heavy atom. The molecule has 27 heavy (non-hydrogen) atoms. The fourth-order valence-electron chi connectivity index (χ4n) is 3.29. The molecule has 0 amide bonds. The summed E-state index contributed by atoms with van der Waals surface area (Å²) >= 11 is 0. The van der Waals surface area contributed by atoms with Gasteiger partial charge in [-0.25, -0.2) is 0 Å². The number of rotatable bonds is 17. The average molecular weight is 377 g/mol. The first-order valence-corrected chi connectivity index (χ1v) is 11.2. The Morgan fingerprint density at radius 3 is 1.78 bits per heavy atom. The number of phenolic OH excluding ortho intramolecular Hbond substituents is 1. The molecule has 0 unspecified atom stereocenters. The predicted octanol–water partition coefficient (Wildman–Crippen LogP) is 6.96. The van der Waals surface area contributed by atoms with Gasteiger partial charge < -0.3 is 9.84 Å². The Labute approximate surface area is 166 Å². The Hall–Kier alpha value is -1.51. The first-order valence-electron chi connectivity index (χ1n) is 11.2. The van der Waals surface area contributed by atoms with Gasteiger partial charge in [-0.1, -0.05) is 96.1 Å². The minimum absolute atomic E-state index is 0.123. The number of ether oxygens (including phenoxy) is 1. The number of aryl methyl sites for hydroxylation is 1. The highest BCUT2D eigenvalue weighted by Crippen LogP contribution is 2.13. The number of benzene rings is 1. The summed E-state index contributed by atoms with van der Waals surface area (Å²) in [6.45, 7) is 2.82. The van der Waals surface area contributed by atoms with Crippen molar-refractivity contribution in [3.63, 3.8) is 0 Å². The van der Waals surface area contributed by atoms with Gasteiger partial charge >= 0.3 is 5.97 Å². The molecule has 0 radical (unpaired) electrons. The van der Waals surface area contributed by atoms with Gasteiger partial charge in [0, 0.05) is 6.42 Å². The third kappa shape index (κ3) is 14.2. The molecule has 0 fully saturated rings. The molecule has 0 aliphatic heterocycles. The van der Waals surface area contributed by atoms with Gasteiger partial charge in [-0.15, -0.1) is 0 Å². The third-order valence-electron chi connectivity index (χ3n) is 5.07. The molecule has 0 atom stereocenters. The molecule has 0 aromatic heterocycles. The number of carbonyl (C=O) groups is 1. The smallest absolute Gasteiger partial charge is 0.306 e. The lowest BCUT2D eigenvalue weighted by molar-refractivity contribution is -0.143. The van der Waals surface area contributed by atoms with E-state index in [4.69, 9.17) is 4.74 Å². The highest BCUT2D eigenvalue weighted by molar-refractivity contribution is 5.69. The lowest BCUT2D eigenvalue weighted by atomic mass is 10.0. The minimum Gasteiger partial charge on any atom is -0.508 e. The molecule has 1 aromatic carbocycles. The third-order valence-corrected chi connectivity index (χ3v) is 5.07. The molecule has 3 heteroatoms. The molecule has 0 aliphatic carbocycles. The van der Waals surface area contributed by atoms with E-state index in [9.17, 15) is 9.90 Å². The van der Waals surface area contributed by atoms with E-state index in [1.165, 1.54) is 70.6 Å². The number of carbonyl (C=O) groups excluding carboxylic acids is 1. The fourth-order valence-corrected chi connectivity index (χ4v) is 3.29. The number of aromatic hydroxyl groups is 1. The molecule has 0 heterocycles. The first kappa shape index (κ1) is 23.5. The van der Waals surface area contributed by atoms with Crippen molar-refractivity contribution in [3.8, 4) is 5.75 Å². The van der Waals surface area contributed by atoms with E-state index < -0.39 is 0 Å². The molecule has 0 bridgehead atoms. The first-order chi connectivity index (χ1) is 13.2. The van der Waals surface area contributed by atoms with Crippen molar-refractivity contribution in [2.45, 2.75) is 103 Å². The second-order valence-corrected chi connectivity index (χ2v) is 7.63. The summed E-state index contributed by atoms with van der Waals surface area (Å²) in [6, 6.07) is 6.98. The topological polar surface area (TPSA) is 46.5 Å². The molecule has 1 rings (SSSR count). The maximum absolute atomic E-state index is 11.7. The molecule has 3 nitrogen and oxygen atoms in total.